The van der Waals surface area contributed by atoms with E-state index in [1.54, 1.807) is 0 Å². The fraction of sp³-hybridized carbons (Fsp3) is 0.0149. The molecule has 324 valence electrons. The monoisotopic (exact) mass is 879 g/mol. The number of para-hydroxylation sites is 1. The molecular formula is C67H45NO. The summed E-state index contributed by atoms with van der Waals surface area (Å²) in [6.07, 6.45) is 0. The minimum Gasteiger partial charge on any atom is -0.456 e. The lowest BCUT2D eigenvalue weighted by molar-refractivity contribution is 0.669. The zero-order chi connectivity index (χ0) is 45.7. The fourth-order valence-electron chi connectivity index (χ4n) is 11.1. The summed E-state index contributed by atoms with van der Waals surface area (Å²) in [6, 6.07) is 99.1. The van der Waals surface area contributed by atoms with Crippen molar-refractivity contribution in [1.82, 2.24) is 0 Å². The lowest BCUT2D eigenvalue weighted by Gasteiger charge is -2.34. The van der Waals surface area contributed by atoms with E-state index < -0.39 is 5.41 Å². The Hall–Kier alpha value is -8.98. The maximum atomic E-state index is 6.29. The summed E-state index contributed by atoms with van der Waals surface area (Å²) < 4.78 is 6.29. The van der Waals surface area contributed by atoms with Crippen molar-refractivity contribution >= 4 is 39.0 Å². The topological polar surface area (TPSA) is 16.4 Å². The summed E-state index contributed by atoms with van der Waals surface area (Å²) in [7, 11) is 0. The summed E-state index contributed by atoms with van der Waals surface area (Å²) in [5, 5.41) is 2.26. The number of fused-ring (bicyclic) bond motifs is 6. The molecule has 0 bridgehead atoms. The van der Waals surface area contributed by atoms with Gasteiger partial charge in [0.25, 0.3) is 0 Å². The van der Waals surface area contributed by atoms with Crippen LogP contribution in [0.15, 0.2) is 277 Å². The Labute approximate surface area is 402 Å². The van der Waals surface area contributed by atoms with Crippen molar-refractivity contribution in [2.45, 2.75) is 5.41 Å². The molecule has 13 rings (SSSR count). The van der Waals surface area contributed by atoms with Crippen LogP contribution in [0.3, 0.4) is 0 Å². The van der Waals surface area contributed by atoms with Gasteiger partial charge in [0, 0.05) is 27.8 Å². The number of anilines is 3. The standard InChI is InChI=1S/C67H45NO/c1-4-17-46(18-5-1)47-33-35-48(36-34-47)51-19-14-24-56(45-51)68(55-43-39-50(40-44-55)58-28-16-32-64-66(58)60-26-11-13-31-63(60)69-64)54-41-37-49(38-42-54)57-27-15-30-62-65(57)59-25-10-12-29-61(59)67(62,52-20-6-2-7-21-52)53-22-8-3-9-23-53/h1-45H. The van der Waals surface area contributed by atoms with Crippen molar-refractivity contribution in [3.05, 3.63) is 295 Å². The Morgan fingerprint density at radius 1 is 0.290 bits per heavy atom. The Morgan fingerprint density at radius 3 is 1.45 bits per heavy atom. The summed E-state index contributed by atoms with van der Waals surface area (Å²) in [6.45, 7) is 0. The first-order chi connectivity index (χ1) is 34.2. The van der Waals surface area contributed by atoms with E-state index in [4.69, 9.17) is 4.42 Å². The van der Waals surface area contributed by atoms with Gasteiger partial charge in [-0.15, -0.1) is 0 Å². The zero-order valence-electron chi connectivity index (χ0n) is 37.8. The highest BCUT2D eigenvalue weighted by molar-refractivity contribution is 6.12. The normalized spacial score (nSPS) is 12.5. The number of hydrogen-bond acceptors (Lipinski definition) is 2. The minimum atomic E-state index is -0.462. The molecule has 2 heteroatoms. The van der Waals surface area contributed by atoms with Gasteiger partial charge < -0.3 is 9.32 Å². The van der Waals surface area contributed by atoms with Crippen molar-refractivity contribution in [3.8, 4) is 55.6 Å². The molecule has 0 aliphatic heterocycles. The molecule has 0 atom stereocenters. The van der Waals surface area contributed by atoms with Crippen LogP contribution in [0.25, 0.3) is 77.6 Å². The maximum Gasteiger partial charge on any atom is 0.136 e. The predicted octanol–water partition coefficient (Wildman–Crippen LogP) is 18.1. The van der Waals surface area contributed by atoms with Crippen LogP contribution in [0, 0.1) is 0 Å². The Kier molecular flexibility index (Phi) is 9.77. The third kappa shape index (κ3) is 6.72. The van der Waals surface area contributed by atoms with E-state index in [1.807, 2.05) is 12.1 Å². The number of nitrogens with zero attached hydrogens (tertiary/aromatic N) is 1. The molecule has 11 aromatic carbocycles. The molecule has 1 heterocycles. The van der Waals surface area contributed by atoms with Crippen LogP contribution in [0.5, 0.6) is 0 Å². The van der Waals surface area contributed by atoms with E-state index in [-0.39, 0.29) is 0 Å². The van der Waals surface area contributed by atoms with Gasteiger partial charge >= 0.3 is 0 Å². The number of hydrogen-bond donors (Lipinski definition) is 0. The van der Waals surface area contributed by atoms with Gasteiger partial charge in [-0.05, 0) is 126 Å². The number of furan rings is 1. The first kappa shape index (κ1) is 40.3. The van der Waals surface area contributed by atoms with Gasteiger partial charge in [0.05, 0.1) is 5.41 Å². The summed E-state index contributed by atoms with van der Waals surface area (Å²) in [4.78, 5) is 2.38. The fourth-order valence-corrected chi connectivity index (χ4v) is 11.1. The second kappa shape index (κ2) is 16.7. The van der Waals surface area contributed by atoms with Gasteiger partial charge in [-0.2, -0.15) is 0 Å². The molecule has 0 N–H and O–H groups in total. The predicted molar refractivity (Wildman–Crippen MR) is 287 cm³/mol. The van der Waals surface area contributed by atoms with Gasteiger partial charge in [-0.1, -0.05) is 224 Å². The van der Waals surface area contributed by atoms with Crippen LogP contribution in [-0.2, 0) is 5.41 Å². The molecule has 1 aliphatic carbocycles. The highest BCUT2D eigenvalue weighted by Crippen LogP contribution is 2.58. The Morgan fingerprint density at radius 2 is 0.754 bits per heavy atom. The molecular weight excluding hydrogens is 835 g/mol. The Balaban J connectivity index is 0.930. The van der Waals surface area contributed by atoms with Crippen LogP contribution >= 0.6 is 0 Å². The molecule has 69 heavy (non-hydrogen) atoms. The van der Waals surface area contributed by atoms with Crippen molar-refractivity contribution < 1.29 is 4.42 Å². The SMILES string of the molecule is c1ccc(-c2ccc(-c3cccc(N(c4ccc(-c5cccc6c5-c5ccccc5C6(c5ccccc5)c5ccccc5)cc4)c4ccc(-c5cccc6oc7ccccc7c56)cc4)c3)cc2)cc1. The second-order valence-electron chi connectivity index (χ2n) is 18.0. The molecule has 12 aromatic rings. The van der Waals surface area contributed by atoms with E-state index in [1.165, 1.54) is 61.2 Å². The second-order valence-corrected chi connectivity index (χ2v) is 18.0. The van der Waals surface area contributed by atoms with Gasteiger partial charge in [0.1, 0.15) is 11.2 Å². The average molecular weight is 880 g/mol. The molecule has 0 saturated heterocycles. The van der Waals surface area contributed by atoms with Crippen molar-refractivity contribution in [2.75, 3.05) is 4.90 Å². The van der Waals surface area contributed by atoms with Gasteiger partial charge in [0.2, 0.25) is 0 Å². The molecule has 0 spiro atoms. The van der Waals surface area contributed by atoms with Crippen molar-refractivity contribution in [3.63, 3.8) is 0 Å². The Bertz CT molecular complexity index is 3760. The lowest BCUT2D eigenvalue weighted by Crippen LogP contribution is -2.28. The summed E-state index contributed by atoms with van der Waals surface area (Å²) in [5.74, 6) is 0. The molecule has 0 radical (unpaired) electrons. The van der Waals surface area contributed by atoms with Gasteiger partial charge in [-0.25, -0.2) is 0 Å². The van der Waals surface area contributed by atoms with E-state index in [2.05, 4.69) is 266 Å². The van der Waals surface area contributed by atoms with Gasteiger partial charge in [0.15, 0.2) is 0 Å². The van der Waals surface area contributed by atoms with E-state index in [9.17, 15) is 0 Å². The quantitative estimate of drug-likeness (QED) is 0.144. The van der Waals surface area contributed by atoms with Crippen LogP contribution < -0.4 is 4.90 Å². The maximum absolute atomic E-state index is 6.29. The zero-order valence-corrected chi connectivity index (χ0v) is 37.8. The highest BCUT2D eigenvalue weighted by atomic mass is 16.3. The molecule has 0 fully saturated rings. The molecule has 0 amide bonds. The first-order valence-electron chi connectivity index (χ1n) is 23.7. The average Bonchev–Trinajstić information content (AvgIpc) is 3.97. The van der Waals surface area contributed by atoms with E-state index in [0.717, 1.165) is 55.7 Å². The van der Waals surface area contributed by atoms with E-state index in [0.29, 0.717) is 0 Å². The third-order valence-electron chi connectivity index (χ3n) is 14.2. The van der Waals surface area contributed by atoms with Crippen molar-refractivity contribution in [2.24, 2.45) is 0 Å². The molecule has 1 aromatic heterocycles. The lowest BCUT2D eigenvalue weighted by atomic mass is 9.67. The van der Waals surface area contributed by atoms with Crippen LogP contribution in [-0.4, -0.2) is 0 Å². The molecule has 0 unspecified atom stereocenters. The van der Waals surface area contributed by atoms with E-state index >= 15 is 0 Å². The molecule has 0 saturated carbocycles. The third-order valence-corrected chi connectivity index (χ3v) is 14.2. The summed E-state index contributed by atoms with van der Waals surface area (Å²) in [5.41, 5.74) is 21.7. The summed E-state index contributed by atoms with van der Waals surface area (Å²) >= 11 is 0. The molecule has 2 nitrogen and oxygen atoms in total. The highest BCUT2D eigenvalue weighted by Gasteiger charge is 2.46. The van der Waals surface area contributed by atoms with Crippen molar-refractivity contribution in [1.29, 1.82) is 0 Å². The largest absolute Gasteiger partial charge is 0.456 e. The molecule has 1 aliphatic rings. The van der Waals surface area contributed by atoms with Crippen LogP contribution in [0.4, 0.5) is 17.1 Å². The smallest absolute Gasteiger partial charge is 0.136 e. The first-order valence-corrected chi connectivity index (χ1v) is 23.7. The van der Waals surface area contributed by atoms with Crippen LogP contribution in [0.2, 0.25) is 0 Å². The number of benzene rings is 11. The van der Waals surface area contributed by atoms with Gasteiger partial charge in [-0.3, -0.25) is 0 Å². The number of rotatable bonds is 9. The minimum absolute atomic E-state index is 0.462. The van der Waals surface area contributed by atoms with Crippen LogP contribution in [0.1, 0.15) is 22.3 Å².